The minimum absolute atomic E-state index is 0.0295. The summed E-state index contributed by atoms with van der Waals surface area (Å²) in [5.41, 5.74) is 2.43. The summed E-state index contributed by atoms with van der Waals surface area (Å²) in [6.45, 7) is 4.14. The summed E-state index contributed by atoms with van der Waals surface area (Å²) >= 11 is 0. The lowest BCUT2D eigenvalue weighted by atomic mass is 9.99. The molecule has 3 rings (SSSR count). The van der Waals surface area contributed by atoms with E-state index in [0.29, 0.717) is 11.7 Å². The summed E-state index contributed by atoms with van der Waals surface area (Å²) in [7, 11) is -2.88. The predicted octanol–water partition coefficient (Wildman–Crippen LogP) is 1.02. The molecular weight excluding hydrogens is 262 g/mol. The maximum Gasteiger partial charge on any atom is 0.152 e. The van der Waals surface area contributed by atoms with Crippen LogP contribution in [-0.2, 0) is 9.84 Å². The molecular formula is C13H21N3O2S. The Kier molecular flexibility index (Phi) is 3.39. The lowest BCUT2D eigenvalue weighted by Crippen LogP contribution is -2.28. The Hall–Kier alpha value is -0.880. The van der Waals surface area contributed by atoms with E-state index in [1.807, 2.05) is 10.9 Å². The summed E-state index contributed by atoms with van der Waals surface area (Å²) < 4.78 is 25.5. The van der Waals surface area contributed by atoms with Gasteiger partial charge in [0, 0.05) is 18.2 Å². The number of nitrogens with one attached hydrogen (secondary N) is 1. The molecule has 2 fully saturated rings. The summed E-state index contributed by atoms with van der Waals surface area (Å²) in [5.74, 6) is 1.12. The van der Waals surface area contributed by atoms with Crippen molar-refractivity contribution in [3.8, 4) is 0 Å². The van der Waals surface area contributed by atoms with Crippen LogP contribution in [0.2, 0.25) is 0 Å². The number of aromatic nitrogens is 2. The second-order valence-corrected chi connectivity index (χ2v) is 7.96. The van der Waals surface area contributed by atoms with E-state index >= 15 is 0 Å². The van der Waals surface area contributed by atoms with Crippen LogP contribution in [0.25, 0.3) is 0 Å². The fourth-order valence-corrected chi connectivity index (χ4v) is 4.98. The van der Waals surface area contributed by atoms with E-state index in [1.54, 1.807) is 0 Å². The third kappa shape index (κ3) is 2.56. The van der Waals surface area contributed by atoms with Crippen LogP contribution in [0, 0.1) is 6.92 Å². The highest BCUT2D eigenvalue weighted by Crippen LogP contribution is 2.29. The predicted molar refractivity (Wildman–Crippen MR) is 74.1 cm³/mol. The van der Waals surface area contributed by atoms with Crippen molar-refractivity contribution in [2.24, 2.45) is 0 Å². The second-order valence-electron chi connectivity index (χ2n) is 5.73. The van der Waals surface area contributed by atoms with Crippen LogP contribution < -0.4 is 5.32 Å². The Bertz CT molecular complexity index is 558. The molecule has 0 bridgehead atoms. The van der Waals surface area contributed by atoms with Crippen molar-refractivity contribution in [3.63, 3.8) is 0 Å². The van der Waals surface area contributed by atoms with Crippen molar-refractivity contribution in [2.45, 2.75) is 38.1 Å². The van der Waals surface area contributed by atoms with Crippen molar-refractivity contribution < 1.29 is 8.42 Å². The van der Waals surface area contributed by atoms with Crippen molar-refractivity contribution in [3.05, 3.63) is 17.5 Å². The third-order valence-corrected chi connectivity index (χ3v) is 6.17. The average Bonchev–Trinajstić information content (AvgIpc) is 2.96. The molecule has 0 amide bonds. The highest BCUT2D eigenvalue weighted by atomic mass is 32.2. The third-order valence-electron chi connectivity index (χ3n) is 4.37. The average molecular weight is 283 g/mol. The molecule has 1 aromatic rings. The van der Waals surface area contributed by atoms with E-state index < -0.39 is 9.84 Å². The Morgan fingerprint density at radius 3 is 2.95 bits per heavy atom. The molecule has 0 aromatic carbocycles. The SMILES string of the molecule is Cc1c(C2CCNC2)cnn1C1CCCS(=O)(=O)C1. The van der Waals surface area contributed by atoms with Crippen LogP contribution in [0.4, 0.5) is 0 Å². The standard InChI is InChI=1S/C13H21N3O2S/c1-10-13(11-4-5-14-7-11)8-15-16(10)12-3-2-6-19(17,18)9-12/h8,11-12,14H,2-7,9H2,1H3. The van der Waals surface area contributed by atoms with Gasteiger partial charge in [0.25, 0.3) is 0 Å². The Labute approximate surface area is 114 Å². The Morgan fingerprint density at radius 2 is 2.26 bits per heavy atom. The van der Waals surface area contributed by atoms with E-state index in [4.69, 9.17) is 0 Å². The first-order valence-corrected chi connectivity index (χ1v) is 8.84. The van der Waals surface area contributed by atoms with Gasteiger partial charge in [-0.15, -0.1) is 0 Å². The number of sulfone groups is 1. The van der Waals surface area contributed by atoms with E-state index in [2.05, 4.69) is 17.3 Å². The number of hydrogen-bond donors (Lipinski definition) is 1. The van der Waals surface area contributed by atoms with Gasteiger partial charge in [0.2, 0.25) is 0 Å². The Morgan fingerprint density at radius 1 is 1.42 bits per heavy atom. The van der Waals surface area contributed by atoms with Gasteiger partial charge in [-0.05, 0) is 38.3 Å². The molecule has 1 aromatic heterocycles. The van der Waals surface area contributed by atoms with Gasteiger partial charge in [-0.2, -0.15) is 5.10 Å². The molecule has 2 unspecified atom stereocenters. The minimum atomic E-state index is -2.88. The van der Waals surface area contributed by atoms with Gasteiger partial charge in [-0.3, -0.25) is 4.68 Å². The highest BCUT2D eigenvalue weighted by Gasteiger charge is 2.29. The van der Waals surface area contributed by atoms with Gasteiger partial charge in [0.1, 0.15) is 0 Å². The van der Waals surface area contributed by atoms with Crippen molar-refractivity contribution in [2.75, 3.05) is 24.6 Å². The van der Waals surface area contributed by atoms with Gasteiger partial charge in [0.15, 0.2) is 9.84 Å². The normalized spacial score (nSPS) is 30.6. The molecule has 5 nitrogen and oxygen atoms in total. The zero-order valence-corrected chi connectivity index (χ0v) is 12.1. The molecule has 19 heavy (non-hydrogen) atoms. The molecule has 106 valence electrons. The number of rotatable bonds is 2. The smallest absolute Gasteiger partial charge is 0.152 e. The first kappa shape index (κ1) is 13.1. The van der Waals surface area contributed by atoms with Crippen LogP contribution in [-0.4, -0.2) is 42.8 Å². The summed E-state index contributed by atoms with van der Waals surface area (Å²) in [4.78, 5) is 0. The zero-order valence-electron chi connectivity index (χ0n) is 11.3. The van der Waals surface area contributed by atoms with Gasteiger partial charge in [-0.1, -0.05) is 0 Å². The lowest BCUT2D eigenvalue weighted by Gasteiger charge is -2.24. The van der Waals surface area contributed by atoms with Crippen LogP contribution in [0.5, 0.6) is 0 Å². The molecule has 3 heterocycles. The quantitative estimate of drug-likeness (QED) is 0.880. The molecule has 0 aliphatic carbocycles. The van der Waals surface area contributed by atoms with Gasteiger partial charge < -0.3 is 5.32 Å². The molecule has 0 saturated carbocycles. The minimum Gasteiger partial charge on any atom is -0.316 e. The zero-order chi connectivity index (χ0) is 13.5. The first-order valence-electron chi connectivity index (χ1n) is 7.02. The van der Waals surface area contributed by atoms with Crippen LogP contribution in [0.15, 0.2) is 6.20 Å². The van der Waals surface area contributed by atoms with Gasteiger partial charge in [-0.25, -0.2) is 8.42 Å². The van der Waals surface area contributed by atoms with E-state index in [9.17, 15) is 8.42 Å². The molecule has 0 radical (unpaired) electrons. The van der Waals surface area contributed by atoms with Crippen molar-refractivity contribution in [1.29, 1.82) is 0 Å². The van der Waals surface area contributed by atoms with Crippen LogP contribution in [0.1, 0.15) is 42.5 Å². The van der Waals surface area contributed by atoms with Crippen LogP contribution in [0.3, 0.4) is 0 Å². The van der Waals surface area contributed by atoms with Gasteiger partial charge >= 0.3 is 0 Å². The molecule has 6 heteroatoms. The van der Waals surface area contributed by atoms with E-state index in [-0.39, 0.29) is 11.8 Å². The summed E-state index contributed by atoms with van der Waals surface area (Å²) in [6, 6.07) is 0.0295. The van der Waals surface area contributed by atoms with Crippen molar-refractivity contribution in [1.82, 2.24) is 15.1 Å². The summed E-state index contributed by atoms with van der Waals surface area (Å²) in [5, 5.41) is 7.84. The highest BCUT2D eigenvalue weighted by molar-refractivity contribution is 7.91. The topological polar surface area (TPSA) is 64.0 Å². The van der Waals surface area contributed by atoms with E-state index in [0.717, 1.165) is 38.0 Å². The fourth-order valence-electron chi connectivity index (χ4n) is 3.32. The molecule has 2 atom stereocenters. The molecule has 1 N–H and O–H groups in total. The largest absolute Gasteiger partial charge is 0.316 e. The summed E-state index contributed by atoms with van der Waals surface area (Å²) in [6.07, 6.45) is 4.76. The Balaban J connectivity index is 1.85. The van der Waals surface area contributed by atoms with Crippen LogP contribution >= 0.6 is 0 Å². The maximum absolute atomic E-state index is 11.8. The first-order chi connectivity index (χ1) is 9.07. The van der Waals surface area contributed by atoms with Gasteiger partial charge in [0.05, 0.1) is 23.7 Å². The second kappa shape index (κ2) is 4.90. The number of nitrogens with zero attached hydrogens (tertiary/aromatic N) is 2. The number of hydrogen-bond acceptors (Lipinski definition) is 4. The van der Waals surface area contributed by atoms with E-state index in [1.165, 1.54) is 5.56 Å². The molecule has 2 aliphatic heterocycles. The monoisotopic (exact) mass is 283 g/mol. The maximum atomic E-state index is 11.8. The molecule has 0 spiro atoms. The fraction of sp³-hybridized carbons (Fsp3) is 0.769. The molecule has 2 aliphatic rings. The lowest BCUT2D eigenvalue weighted by molar-refractivity contribution is 0.427. The molecule has 2 saturated heterocycles. The van der Waals surface area contributed by atoms with Crippen molar-refractivity contribution >= 4 is 9.84 Å².